The molecule has 0 aromatic heterocycles. The van der Waals surface area contributed by atoms with Crippen LogP contribution in [-0.2, 0) is 6.42 Å². The quantitative estimate of drug-likeness (QED) is 0.852. The molecule has 20 heavy (non-hydrogen) atoms. The minimum Gasteiger partial charge on any atom is -0.435 e. The summed E-state index contributed by atoms with van der Waals surface area (Å²) in [6, 6.07) is 7.58. The van der Waals surface area contributed by atoms with Crippen molar-refractivity contribution in [2.24, 2.45) is 5.92 Å². The Morgan fingerprint density at radius 3 is 2.90 bits per heavy atom. The van der Waals surface area contributed by atoms with Crippen molar-refractivity contribution in [3.63, 3.8) is 0 Å². The van der Waals surface area contributed by atoms with E-state index in [0.29, 0.717) is 11.8 Å². The first kappa shape index (κ1) is 15.2. The van der Waals surface area contributed by atoms with Gasteiger partial charge in [0.05, 0.1) is 0 Å². The molecule has 1 aromatic carbocycles. The summed E-state index contributed by atoms with van der Waals surface area (Å²) in [5.41, 5.74) is 0.869. The Morgan fingerprint density at radius 2 is 2.15 bits per heavy atom. The van der Waals surface area contributed by atoms with Gasteiger partial charge in [-0.25, -0.2) is 0 Å². The zero-order valence-corrected chi connectivity index (χ0v) is 11.9. The van der Waals surface area contributed by atoms with Crippen LogP contribution < -0.4 is 10.1 Å². The summed E-state index contributed by atoms with van der Waals surface area (Å²) >= 11 is 0. The molecule has 2 rings (SSSR count). The lowest BCUT2D eigenvalue weighted by Crippen LogP contribution is -2.38. The summed E-state index contributed by atoms with van der Waals surface area (Å²) in [5.74, 6) is 1.11. The highest BCUT2D eigenvalue weighted by atomic mass is 19.3. The van der Waals surface area contributed by atoms with E-state index in [1.54, 1.807) is 12.1 Å². The highest BCUT2D eigenvalue weighted by Crippen LogP contribution is 2.25. The van der Waals surface area contributed by atoms with Crippen LogP contribution in [0.25, 0.3) is 0 Å². The average Bonchev–Trinajstić information content (AvgIpc) is 2.46. The van der Waals surface area contributed by atoms with E-state index in [2.05, 4.69) is 17.0 Å². The molecule has 1 N–H and O–H groups in total. The summed E-state index contributed by atoms with van der Waals surface area (Å²) in [7, 11) is 0. The van der Waals surface area contributed by atoms with Crippen molar-refractivity contribution in [3.05, 3.63) is 29.8 Å². The first-order valence-electron chi connectivity index (χ1n) is 7.45. The largest absolute Gasteiger partial charge is 0.435 e. The van der Waals surface area contributed by atoms with Crippen LogP contribution in [0.2, 0.25) is 0 Å². The van der Waals surface area contributed by atoms with E-state index >= 15 is 0 Å². The Morgan fingerprint density at radius 1 is 1.35 bits per heavy atom. The third kappa shape index (κ3) is 4.44. The highest BCUT2D eigenvalue weighted by Gasteiger charge is 2.20. The fourth-order valence-electron chi connectivity index (χ4n) is 2.94. The Bertz CT molecular complexity index is 411. The molecule has 2 atom stereocenters. The fourth-order valence-corrected chi connectivity index (χ4v) is 2.94. The summed E-state index contributed by atoms with van der Waals surface area (Å²) in [5, 5.41) is 3.52. The first-order valence-corrected chi connectivity index (χ1v) is 7.45. The molecule has 0 saturated carbocycles. The summed E-state index contributed by atoms with van der Waals surface area (Å²) in [4.78, 5) is 0. The molecule has 1 saturated heterocycles. The Hall–Kier alpha value is -1.16. The van der Waals surface area contributed by atoms with Crippen molar-refractivity contribution in [2.45, 2.75) is 51.7 Å². The maximum atomic E-state index is 12.4. The van der Waals surface area contributed by atoms with Gasteiger partial charge in [-0.2, -0.15) is 8.78 Å². The number of hydrogen-bond donors (Lipinski definition) is 1. The number of hydrogen-bond acceptors (Lipinski definition) is 2. The Kier molecular flexibility index (Phi) is 5.77. The molecule has 2 nitrogen and oxygen atoms in total. The molecule has 0 aliphatic carbocycles. The maximum absolute atomic E-state index is 12.4. The first-order chi connectivity index (χ1) is 9.69. The maximum Gasteiger partial charge on any atom is 0.387 e. The molecule has 112 valence electrons. The predicted molar refractivity (Wildman–Crippen MR) is 76.2 cm³/mol. The molecule has 1 heterocycles. The predicted octanol–water partition coefficient (Wildman–Crippen LogP) is 4.00. The van der Waals surface area contributed by atoms with Crippen LogP contribution in [0.5, 0.6) is 5.75 Å². The molecule has 2 unspecified atom stereocenters. The number of halogens is 2. The number of benzene rings is 1. The minimum atomic E-state index is -2.76. The van der Waals surface area contributed by atoms with Crippen molar-refractivity contribution in [2.75, 3.05) is 6.54 Å². The Balaban J connectivity index is 1.90. The van der Waals surface area contributed by atoms with Crippen molar-refractivity contribution in [1.82, 2.24) is 5.32 Å². The smallest absolute Gasteiger partial charge is 0.387 e. The van der Waals surface area contributed by atoms with Crippen molar-refractivity contribution < 1.29 is 13.5 Å². The van der Waals surface area contributed by atoms with Gasteiger partial charge >= 0.3 is 6.61 Å². The molecule has 1 fully saturated rings. The van der Waals surface area contributed by atoms with Gasteiger partial charge in [0.25, 0.3) is 0 Å². The van der Waals surface area contributed by atoms with E-state index in [9.17, 15) is 8.78 Å². The van der Waals surface area contributed by atoms with Crippen LogP contribution in [-0.4, -0.2) is 19.2 Å². The SMILES string of the molecule is CCC1CCNC(CCc2ccccc2OC(F)F)C1. The Labute approximate surface area is 119 Å². The number of nitrogens with one attached hydrogen (secondary N) is 1. The van der Waals surface area contributed by atoms with Gasteiger partial charge in [-0.05, 0) is 49.8 Å². The van der Waals surface area contributed by atoms with Gasteiger partial charge in [0.15, 0.2) is 0 Å². The van der Waals surface area contributed by atoms with Gasteiger partial charge in [-0.3, -0.25) is 0 Å². The van der Waals surface area contributed by atoms with Crippen molar-refractivity contribution in [1.29, 1.82) is 0 Å². The number of rotatable bonds is 6. The average molecular weight is 283 g/mol. The lowest BCUT2D eigenvalue weighted by atomic mass is 9.88. The summed E-state index contributed by atoms with van der Waals surface area (Å²) < 4.78 is 29.3. The number of alkyl halides is 2. The van der Waals surface area contributed by atoms with Crippen molar-refractivity contribution >= 4 is 0 Å². The second-order valence-corrected chi connectivity index (χ2v) is 5.47. The van der Waals surface area contributed by atoms with E-state index in [-0.39, 0.29) is 0 Å². The number of aryl methyl sites for hydroxylation is 1. The van der Waals surface area contributed by atoms with Gasteiger partial charge < -0.3 is 10.1 Å². The molecule has 0 bridgehead atoms. The molecular weight excluding hydrogens is 260 g/mol. The van der Waals surface area contributed by atoms with E-state index < -0.39 is 6.61 Å². The third-order valence-corrected chi connectivity index (χ3v) is 4.13. The van der Waals surface area contributed by atoms with Crippen LogP contribution in [0.4, 0.5) is 8.78 Å². The summed E-state index contributed by atoms with van der Waals surface area (Å²) in [6.45, 7) is 0.547. The minimum absolute atomic E-state index is 0.311. The van der Waals surface area contributed by atoms with Crippen LogP contribution in [0, 0.1) is 5.92 Å². The molecule has 1 aliphatic rings. The molecule has 4 heteroatoms. The molecular formula is C16H23F2NO. The van der Waals surface area contributed by atoms with Gasteiger partial charge in [0.2, 0.25) is 0 Å². The number of piperidine rings is 1. The van der Waals surface area contributed by atoms with E-state index in [0.717, 1.165) is 30.9 Å². The lowest BCUT2D eigenvalue weighted by Gasteiger charge is -2.30. The van der Waals surface area contributed by atoms with Gasteiger partial charge in [0.1, 0.15) is 5.75 Å². The zero-order valence-electron chi connectivity index (χ0n) is 11.9. The molecule has 0 spiro atoms. The van der Waals surface area contributed by atoms with Crippen LogP contribution >= 0.6 is 0 Å². The molecule has 1 aliphatic heterocycles. The van der Waals surface area contributed by atoms with Gasteiger partial charge in [-0.1, -0.05) is 31.5 Å². The standard InChI is InChI=1S/C16H23F2NO/c1-2-12-9-10-19-14(11-12)8-7-13-5-3-4-6-15(13)20-16(17)18/h3-6,12,14,16,19H,2,7-11H2,1H3. The highest BCUT2D eigenvalue weighted by molar-refractivity contribution is 5.33. The topological polar surface area (TPSA) is 21.3 Å². The van der Waals surface area contributed by atoms with Crippen LogP contribution in [0.3, 0.4) is 0 Å². The second kappa shape index (κ2) is 7.58. The van der Waals surface area contributed by atoms with E-state index in [1.165, 1.54) is 19.3 Å². The molecule has 1 aromatic rings. The second-order valence-electron chi connectivity index (χ2n) is 5.47. The van der Waals surface area contributed by atoms with Gasteiger partial charge in [-0.15, -0.1) is 0 Å². The zero-order chi connectivity index (χ0) is 14.4. The number of ether oxygens (including phenoxy) is 1. The number of para-hydroxylation sites is 1. The third-order valence-electron chi connectivity index (χ3n) is 4.13. The van der Waals surface area contributed by atoms with Crippen molar-refractivity contribution in [3.8, 4) is 5.75 Å². The normalized spacial score (nSPS) is 23.0. The lowest BCUT2D eigenvalue weighted by molar-refractivity contribution is -0.0504. The summed E-state index contributed by atoms with van der Waals surface area (Å²) in [6.07, 6.45) is 5.41. The fraction of sp³-hybridized carbons (Fsp3) is 0.625. The molecule has 0 radical (unpaired) electrons. The van der Waals surface area contributed by atoms with Crippen LogP contribution in [0.15, 0.2) is 24.3 Å². The molecule has 0 amide bonds. The monoisotopic (exact) mass is 283 g/mol. The van der Waals surface area contributed by atoms with Gasteiger partial charge in [0, 0.05) is 6.04 Å². The van der Waals surface area contributed by atoms with E-state index in [4.69, 9.17) is 0 Å². The van der Waals surface area contributed by atoms with Crippen LogP contribution in [0.1, 0.15) is 38.2 Å². The van der Waals surface area contributed by atoms with E-state index in [1.807, 2.05) is 12.1 Å².